The van der Waals surface area contributed by atoms with Crippen LogP contribution in [-0.2, 0) is 9.59 Å². The molecule has 2 amide bonds. The summed E-state index contributed by atoms with van der Waals surface area (Å²) in [7, 11) is 0. The zero-order valence-electron chi connectivity index (χ0n) is 16.9. The second-order valence-electron chi connectivity index (χ2n) is 7.47. The molecule has 2 aliphatic heterocycles. The van der Waals surface area contributed by atoms with Crippen molar-refractivity contribution in [2.75, 3.05) is 31.2 Å². The minimum atomic E-state index is -0.482. The van der Waals surface area contributed by atoms with Gasteiger partial charge in [-0.15, -0.1) is 0 Å². The number of anilines is 1. The maximum Gasteiger partial charge on any atom is 0.292 e. The van der Waals surface area contributed by atoms with Crippen molar-refractivity contribution >= 4 is 29.0 Å². The number of nitrogens with zero attached hydrogens (tertiary/aromatic N) is 5. The number of hydrogen-bond donors (Lipinski definition) is 0. The number of amides is 2. The van der Waals surface area contributed by atoms with E-state index in [1.54, 1.807) is 27.8 Å². The number of aromatic nitrogens is 1. The SMILES string of the molecule is CC(=O)C1CC(C(=O)N2CCN(C(=O)c3cc(C)no3)CC2)=NN1c1ccccc1. The van der Waals surface area contributed by atoms with Gasteiger partial charge in [-0.3, -0.25) is 19.4 Å². The zero-order valence-corrected chi connectivity index (χ0v) is 16.9. The third-order valence-electron chi connectivity index (χ3n) is 5.34. The second-order valence-corrected chi connectivity index (χ2v) is 7.47. The molecule has 0 N–H and O–H groups in total. The van der Waals surface area contributed by atoms with E-state index < -0.39 is 6.04 Å². The molecule has 3 heterocycles. The minimum absolute atomic E-state index is 0.0387. The molecule has 156 valence electrons. The van der Waals surface area contributed by atoms with Crippen molar-refractivity contribution in [1.82, 2.24) is 15.0 Å². The Morgan fingerprint density at radius 3 is 2.20 bits per heavy atom. The van der Waals surface area contributed by atoms with Gasteiger partial charge in [-0.1, -0.05) is 23.4 Å². The Morgan fingerprint density at radius 2 is 1.63 bits per heavy atom. The number of ketones is 1. The first kappa shape index (κ1) is 19.8. The molecule has 0 aliphatic carbocycles. The predicted molar refractivity (Wildman–Crippen MR) is 109 cm³/mol. The van der Waals surface area contributed by atoms with E-state index in [-0.39, 0.29) is 29.8 Å². The van der Waals surface area contributed by atoms with Crippen LogP contribution >= 0.6 is 0 Å². The Bertz CT molecular complexity index is 992. The molecule has 1 aromatic heterocycles. The average molecular weight is 409 g/mol. The molecular formula is C21H23N5O4. The molecule has 1 saturated heterocycles. The van der Waals surface area contributed by atoms with Crippen molar-refractivity contribution in [2.24, 2.45) is 5.10 Å². The summed E-state index contributed by atoms with van der Waals surface area (Å²) < 4.78 is 5.04. The van der Waals surface area contributed by atoms with Gasteiger partial charge >= 0.3 is 0 Å². The number of Topliss-reactive ketones (excluding diaryl/α,β-unsaturated/α-hetero) is 1. The van der Waals surface area contributed by atoms with Crippen molar-refractivity contribution in [1.29, 1.82) is 0 Å². The van der Waals surface area contributed by atoms with E-state index in [2.05, 4.69) is 10.3 Å². The van der Waals surface area contributed by atoms with Gasteiger partial charge in [-0.05, 0) is 26.0 Å². The summed E-state index contributed by atoms with van der Waals surface area (Å²) in [6, 6.07) is 10.5. The Kier molecular flexibility index (Phi) is 5.35. The van der Waals surface area contributed by atoms with Crippen LogP contribution in [0.15, 0.2) is 46.0 Å². The lowest BCUT2D eigenvalue weighted by atomic mass is 10.1. The van der Waals surface area contributed by atoms with E-state index in [0.29, 0.717) is 37.6 Å². The molecule has 30 heavy (non-hydrogen) atoms. The van der Waals surface area contributed by atoms with Gasteiger partial charge in [0.1, 0.15) is 11.8 Å². The molecule has 2 aromatic rings. The molecule has 1 unspecified atom stereocenters. The molecule has 0 saturated carbocycles. The van der Waals surface area contributed by atoms with Gasteiger partial charge in [0.05, 0.1) is 11.4 Å². The standard InChI is InChI=1S/C21H23N5O4/c1-14-12-19(30-23-14)21(29)25-10-8-24(9-11-25)20(28)17-13-18(15(2)27)26(22-17)16-6-4-3-5-7-16/h3-7,12,18H,8-11,13H2,1-2H3. The highest BCUT2D eigenvalue weighted by molar-refractivity contribution is 6.40. The van der Waals surface area contributed by atoms with Gasteiger partial charge in [0.25, 0.3) is 11.8 Å². The molecule has 0 spiro atoms. The minimum Gasteiger partial charge on any atom is -0.351 e. The highest BCUT2D eigenvalue weighted by atomic mass is 16.5. The smallest absolute Gasteiger partial charge is 0.292 e. The van der Waals surface area contributed by atoms with Crippen molar-refractivity contribution in [3.05, 3.63) is 47.9 Å². The maximum atomic E-state index is 13.0. The Hall–Kier alpha value is -3.49. The molecule has 1 atom stereocenters. The summed E-state index contributed by atoms with van der Waals surface area (Å²) in [5, 5.41) is 9.85. The normalized spacial score (nSPS) is 19.1. The summed E-state index contributed by atoms with van der Waals surface area (Å²) in [6.45, 7) is 4.86. The summed E-state index contributed by atoms with van der Waals surface area (Å²) in [5.74, 6) is -0.256. The van der Waals surface area contributed by atoms with E-state index in [9.17, 15) is 14.4 Å². The summed E-state index contributed by atoms with van der Waals surface area (Å²) >= 11 is 0. The second kappa shape index (κ2) is 8.10. The van der Waals surface area contributed by atoms with Crippen LogP contribution in [0.1, 0.15) is 29.6 Å². The van der Waals surface area contributed by atoms with Crippen molar-refractivity contribution in [2.45, 2.75) is 26.3 Å². The predicted octanol–water partition coefficient (Wildman–Crippen LogP) is 1.49. The van der Waals surface area contributed by atoms with Gasteiger partial charge in [-0.25, -0.2) is 0 Å². The van der Waals surface area contributed by atoms with E-state index in [1.807, 2.05) is 30.3 Å². The monoisotopic (exact) mass is 409 g/mol. The summed E-state index contributed by atoms with van der Waals surface area (Å²) in [4.78, 5) is 41.0. The number of para-hydroxylation sites is 1. The van der Waals surface area contributed by atoms with Crippen molar-refractivity contribution in [3.8, 4) is 0 Å². The number of aryl methyl sites for hydroxylation is 1. The molecule has 1 aromatic carbocycles. The zero-order chi connectivity index (χ0) is 21.3. The van der Waals surface area contributed by atoms with E-state index in [1.165, 1.54) is 6.92 Å². The van der Waals surface area contributed by atoms with Crippen LogP contribution < -0.4 is 5.01 Å². The quantitative estimate of drug-likeness (QED) is 0.759. The summed E-state index contributed by atoms with van der Waals surface area (Å²) in [6.07, 6.45) is 0.277. The molecule has 2 aliphatic rings. The fourth-order valence-electron chi connectivity index (χ4n) is 3.69. The molecule has 9 nitrogen and oxygen atoms in total. The largest absolute Gasteiger partial charge is 0.351 e. The third-order valence-corrected chi connectivity index (χ3v) is 5.34. The van der Waals surface area contributed by atoms with Crippen LogP contribution in [0.2, 0.25) is 0 Å². The van der Waals surface area contributed by atoms with Crippen LogP contribution in [0.5, 0.6) is 0 Å². The number of hydrogen-bond acceptors (Lipinski definition) is 7. The molecule has 4 rings (SSSR count). The molecule has 0 radical (unpaired) electrons. The number of benzene rings is 1. The summed E-state index contributed by atoms with van der Waals surface area (Å²) in [5.41, 5.74) is 1.79. The van der Waals surface area contributed by atoms with Crippen molar-refractivity contribution in [3.63, 3.8) is 0 Å². The lowest BCUT2D eigenvalue weighted by molar-refractivity contribution is -0.125. The number of piperazine rings is 1. The Labute approximate surface area is 173 Å². The Balaban J connectivity index is 1.42. The van der Waals surface area contributed by atoms with Crippen LogP contribution in [0.25, 0.3) is 0 Å². The third kappa shape index (κ3) is 3.83. The van der Waals surface area contributed by atoms with Gasteiger partial charge in [-0.2, -0.15) is 5.10 Å². The van der Waals surface area contributed by atoms with Crippen LogP contribution in [-0.4, -0.2) is 70.5 Å². The topological polar surface area (TPSA) is 99.3 Å². The average Bonchev–Trinajstić information content (AvgIpc) is 3.40. The van der Waals surface area contributed by atoms with Crippen LogP contribution in [0.4, 0.5) is 5.69 Å². The van der Waals surface area contributed by atoms with E-state index in [4.69, 9.17) is 4.52 Å². The van der Waals surface area contributed by atoms with E-state index >= 15 is 0 Å². The first-order valence-electron chi connectivity index (χ1n) is 9.88. The first-order chi connectivity index (χ1) is 14.4. The lowest BCUT2D eigenvalue weighted by Crippen LogP contribution is -2.52. The Morgan fingerprint density at radius 1 is 1.00 bits per heavy atom. The van der Waals surface area contributed by atoms with Gasteiger partial charge in [0, 0.05) is 38.7 Å². The molecule has 0 bridgehead atoms. The number of carbonyl (C=O) groups is 3. The number of hydrazone groups is 1. The van der Waals surface area contributed by atoms with Gasteiger partial charge in [0.2, 0.25) is 5.76 Å². The highest BCUT2D eigenvalue weighted by Gasteiger charge is 2.37. The molecule has 9 heteroatoms. The number of carbonyl (C=O) groups excluding carboxylic acids is 3. The lowest BCUT2D eigenvalue weighted by Gasteiger charge is -2.34. The van der Waals surface area contributed by atoms with Gasteiger partial charge in [0.15, 0.2) is 5.78 Å². The first-order valence-corrected chi connectivity index (χ1v) is 9.88. The number of rotatable bonds is 4. The molecule has 1 fully saturated rings. The van der Waals surface area contributed by atoms with Gasteiger partial charge < -0.3 is 14.3 Å². The van der Waals surface area contributed by atoms with Crippen LogP contribution in [0, 0.1) is 6.92 Å². The fraction of sp³-hybridized carbons (Fsp3) is 0.381. The highest BCUT2D eigenvalue weighted by Crippen LogP contribution is 2.25. The maximum absolute atomic E-state index is 13.0. The van der Waals surface area contributed by atoms with Crippen molar-refractivity contribution < 1.29 is 18.9 Å². The van der Waals surface area contributed by atoms with Crippen LogP contribution in [0.3, 0.4) is 0 Å². The van der Waals surface area contributed by atoms with E-state index in [0.717, 1.165) is 5.69 Å². The fourth-order valence-corrected chi connectivity index (χ4v) is 3.69. The molecular weight excluding hydrogens is 386 g/mol.